The molecular formula is C13H11ClO4. The van der Waals surface area contributed by atoms with E-state index < -0.39 is 5.97 Å². The van der Waals surface area contributed by atoms with Gasteiger partial charge in [0.1, 0.15) is 18.1 Å². The summed E-state index contributed by atoms with van der Waals surface area (Å²) in [7, 11) is 0. The molecule has 0 amide bonds. The summed E-state index contributed by atoms with van der Waals surface area (Å²) < 4.78 is 10.6. The van der Waals surface area contributed by atoms with Crippen molar-refractivity contribution >= 4 is 17.6 Å². The van der Waals surface area contributed by atoms with Crippen molar-refractivity contribution in [2.45, 2.75) is 13.5 Å². The second kappa shape index (κ2) is 5.14. The first kappa shape index (κ1) is 12.5. The molecule has 1 N–H and O–H groups in total. The Morgan fingerprint density at radius 2 is 2.22 bits per heavy atom. The topological polar surface area (TPSA) is 59.7 Å². The molecule has 0 spiro atoms. The molecule has 0 aliphatic carbocycles. The van der Waals surface area contributed by atoms with E-state index in [0.717, 1.165) is 0 Å². The Hall–Kier alpha value is -1.94. The highest BCUT2D eigenvalue weighted by Gasteiger charge is 2.14. The van der Waals surface area contributed by atoms with Crippen LogP contribution < -0.4 is 4.74 Å². The number of rotatable bonds is 4. The third-order valence-electron chi connectivity index (χ3n) is 2.34. The van der Waals surface area contributed by atoms with Crippen molar-refractivity contribution in [3.05, 3.63) is 52.4 Å². The van der Waals surface area contributed by atoms with Gasteiger partial charge in [-0.2, -0.15) is 0 Å². The van der Waals surface area contributed by atoms with E-state index in [9.17, 15) is 4.79 Å². The molecule has 0 saturated carbocycles. The fourth-order valence-electron chi connectivity index (χ4n) is 1.54. The predicted octanol–water partition coefficient (Wildman–Crippen LogP) is 3.52. The third kappa shape index (κ3) is 2.84. The smallest absolute Gasteiger partial charge is 0.372 e. The van der Waals surface area contributed by atoms with Crippen LogP contribution in [0.25, 0.3) is 0 Å². The van der Waals surface area contributed by atoms with E-state index in [1.165, 1.54) is 0 Å². The summed E-state index contributed by atoms with van der Waals surface area (Å²) in [5.41, 5.74) is 0.576. The molecule has 0 aliphatic heterocycles. The van der Waals surface area contributed by atoms with Crippen LogP contribution in [0.5, 0.6) is 5.75 Å². The average molecular weight is 267 g/mol. The number of benzene rings is 1. The lowest BCUT2D eigenvalue weighted by Gasteiger charge is -2.03. The minimum atomic E-state index is -1.08. The van der Waals surface area contributed by atoms with Crippen LogP contribution in [0.4, 0.5) is 0 Å². The zero-order chi connectivity index (χ0) is 13.1. The van der Waals surface area contributed by atoms with Gasteiger partial charge in [-0.1, -0.05) is 17.7 Å². The number of aromatic carboxylic acids is 1. The van der Waals surface area contributed by atoms with Crippen LogP contribution in [0.2, 0.25) is 5.02 Å². The summed E-state index contributed by atoms with van der Waals surface area (Å²) in [6.45, 7) is 1.84. The molecule has 0 aliphatic rings. The van der Waals surface area contributed by atoms with Crippen molar-refractivity contribution in [1.82, 2.24) is 0 Å². The second-order valence-electron chi connectivity index (χ2n) is 3.78. The minimum Gasteiger partial charge on any atom is -0.486 e. The van der Waals surface area contributed by atoms with Gasteiger partial charge in [0.05, 0.1) is 0 Å². The van der Waals surface area contributed by atoms with Crippen LogP contribution >= 0.6 is 11.6 Å². The van der Waals surface area contributed by atoms with Crippen LogP contribution in [-0.4, -0.2) is 11.1 Å². The summed E-state index contributed by atoms with van der Waals surface area (Å²) in [4.78, 5) is 10.8. The number of carbonyl (C=O) groups is 1. The van der Waals surface area contributed by atoms with Gasteiger partial charge in [-0.05, 0) is 31.2 Å². The summed E-state index contributed by atoms with van der Waals surface area (Å²) >= 11 is 5.82. The highest BCUT2D eigenvalue weighted by atomic mass is 35.5. The Labute approximate surface area is 109 Å². The number of carboxylic acids is 1. The number of hydrogen-bond donors (Lipinski definition) is 1. The highest BCUT2D eigenvalue weighted by Crippen LogP contribution is 2.20. The van der Waals surface area contributed by atoms with E-state index >= 15 is 0 Å². The van der Waals surface area contributed by atoms with E-state index in [1.54, 1.807) is 37.3 Å². The quantitative estimate of drug-likeness (QED) is 0.920. The predicted molar refractivity (Wildman–Crippen MR) is 66.2 cm³/mol. The normalized spacial score (nSPS) is 10.3. The lowest BCUT2D eigenvalue weighted by Crippen LogP contribution is -1.96. The molecule has 2 rings (SSSR count). The largest absolute Gasteiger partial charge is 0.486 e. The molecule has 0 bridgehead atoms. The van der Waals surface area contributed by atoms with Gasteiger partial charge < -0.3 is 14.3 Å². The summed E-state index contributed by atoms with van der Waals surface area (Å²) in [6.07, 6.45) is 0. The summed E-state index contributed by atoms with van der Waals surface area (Å²) in [5, 5.41) is 9.43. The fourth-order valence-corrected chi connectivity index (χ4v) is 1.72. The lowest BCUT2D eigenvalue weighted by atomic mass is 10.3. The molecule has 94 valence electrons. The molecule has 4 nitrogen and oxygen atoms in total. The molecule has 18 heavy (non-hydrogen) atoms. The number of ether oxygens (including phenoxy) is 1. The molecule has 0 radical (unpaired) electrons. The van der Waals surface area contributed by atoms with Gasteiger partial charge in [0, 0.05) is 10.6 Å². The zero-order valence-electron chi connectivity index (χ0n) is 9.64. The maximum absolute atomic E-state index is 10.8. The van der Waals surface area contributed by atoms with Gasteiger partial charge in [-0.3, -0.25) is 0 Å². The van der Waals surface area contributed by atoms with Crippen molar-refractivity contribution in [2.24, 2.45) is 0 Å². The Kier molecular flexibility index (Phi) is 3.58. The second-order valence-corrected chi connectivity index (χ2v) is 4.21. The number of carboxylic acid groups (broad SMARTS) is 1. The minimum absolute atomic E-state index is 0.0558. The SMILES string of the molecule is Cc1cc(COc2cccc(Cl)c2)oc1C(=O)O. The maximum Gasteiger partial charge on any atom is 0.372 e. The first-order valence-corrected chi connectivity index (χ1v) is 5.65. The Morgan fingerprint density at radius 1 is 1.44 bits per heavy atom. The van der Waals surface area contributed by atoms with Crippen LogP contribution in [0.1, 0.15) is 21.9 Å². The molecule has 1 aromatic heterocycles. The van der Waals surface area contributed by atoms with Crippen molar-refractivity contribution < 1.29 is 19.1 Å². The first-order chi connectivity index (χ1) is 8.56. The zero-order valence-corrected chi connectivity index (χ0v) is 10.4. The van der Waals surface area contributed by atoms with Gasteiger partial charge in [-0.15, -0.1) is 0 Å². The van der Waals surface area contributed by atoms with Crippen LogP contribution in [0.15, 0.2) is 34.7 Å². The van der Waals surface area contributed by atoms with E-state index in [4.69, 9.17) is 25.9 Å². The third-order valence-corrected chi connectivity index (χ3v) is 2.58. The van der Waals surface area contributed by atoms with Crippen molar-refractivity contribution in [1.29, 1.82) is 0 Å². The van der Waals surface area contributed by atoms with Gasteiger partial charge in [0.2, 0.25) is 5.76 Å². The first-order valence-electron chi connectivity index (χ1n) is 5.27. The molecule has 1 aromatic carbocycles. The Balaban J connectivity index is 2.06. The highest BCUT2D eigenvalue weighted by molar-refractivity contribution is 6.30. The molecule has 1 heterocycles. The standard InChI is InChI=1S/C13H11ClO4/c1-8-5-11(18-12(8)13(15)16)7-17-10-4-2-3-9(14)6-10/h2-6H,7H2,1H3,(H,15,16). The molecule has 2 aromatic rings. The average Bonchev–Trinajstić information content (AvgIpc) is 2.68. The molecular weight excluding hydrogens is 256 g/mol. The Morgan fingerprint density at radius 3 is 2.83 bits per heavy atom. The number of halogens is 1. The van der Waals surface area contributed by atoms with Crippen molar-refractivity contribution in [2.75, 3.05) is 0 Å². The van der Waals surface area contributed by atoms with Crippen LogP contribution in [0.3, 0.4) is 0 Å². The number of hydrogen-bond acceptors (Lipinski definition) is 3. The van der Waals surface area contributed by atoms with Gasteiger partial charge in [-0.25, -0.2) is 4.79 Å². The van der Waals surface area contributed by atoms with Gasteiger partial charge in [0.15, 0.2) is 0 Å². The van der Waals surface area contributed by atoms with E-state index in [2.05, 4.69) is 0 Å². The van der Waals surface area contributed by atoms with Crippen molar-refractivity contribution in [3.8, 4) is 5.75 Å². The Bertz CT molecular complexity index is 574. The van der Waals surface area contributed by atoms with E-state index in [-0.39, 0.29) is 12.4 Å². The van der Waals surface area contributed by atoms with Crippen molar-refractivity contribution in [3.63, 3.8) is 0 Å². The van der Waals surface area contributed by atoms with Crippen LogP contribution in [0, 0.1) is 6.92 Å². The monoisotopic (exact) mass is 266 g/mol. The number of aryl methyl sites for hydroxylation is 1. The number of furan rings is 1. The molecule has 0 atom stereocenters. The maximum atomic E-state index is 10.8. The lowest BCUT2D eigenvalue weighted by molar-refractivity contribution is 0.0657. The van der Waals surface area contributed by atoms with Gasteiger partial charge >= 0.3 is 5.97 Å². The summed E-state index contributed by atoms with van der Waals surface area (Å²) in [5.74, 6) is -0.0699. The molecule has 0 fully saturated rings. The molecule has 5 heteroatoms. The van der Waals surface area contributed by atoms with Gasteiger partial charge in [0.25, 0.3) is 0 Å². The molecule has 0 unspecified atom stereocenters. The van der Waals surface area contributed by atoms with E-state index in [1.807, 2.05) is 0 Å². The van der Waals surface area contributed by atoms with E-state index in [0.29, 0.717) is 22.1 Å². The van der Waals surface area contributed by atoms with Crippen LogP contribution in [-0.2, 0) is 6.61 Å². The fraction of sp³-hybridized carbons (Fsp3) is 0.154. The molecule has 0 saturated heterocycles. The summed E-state index contributed by atoms with van der Waals surface area (Å²) in [6, 6.07) is 8.60.